The zero-order valence-electron chi connectivity index (χ0n) is 12.8. The van der Waals surface area contributed by atoms with Crippen LogP contribution in [0, 0.1) is 11.7 Å². The van der Waals surface area contributed by atoms with Gasteiger partial charge in [-0.25, -0.2) is 0 Å². The Morgan fingerprint density at radius 2 is 2.22 bits per heavy atom. The van der Waals surface area contributed by atoms with E-state index in [1.807, 2.05) is 29.9 Å². The van der Waals surface area contributed by atoms with Crippen molar-refractivity contribution in [2.24, 2.45) is 0 Å². The molecule has 0 spiro atoms. The van der Waals surface area contributed by atoms with Gasteiger partial charge in [0.05, 0.1) is 11.4 Å². The van der Waals surface area contributed by atoms with Gasteiger partial charge in [-0.05, 0) is 47.6 Å². The third-order valence-electron chi connectivity index (χ3n) is 3.57. The maximum atomic E-state index is 12.5. The van der Waals surface area contributed by atoms with Gasteiger partial charge in [0.1, 0.15) is 6.54 Å². The van der Waals surface area contributed by atoms with Crippen molar-refractivity contribution in [2.45, 2.75) is 20.0 Å². The van der Waals surface area contributed by atoms with Gasteiger partial charge in [0, 0.05) is 11.9 Å². The zero-order chi connectivity index (χ0) is 16.4. The maximum Gasteiger partial charge on any atom is 0.242 e. The van der Waals surface area contributed by atoms with Crippen LogP contribution in [0.4, 0.5) is 0 Å². The van der Waals surface area contributed by atoms with Gasteiger partial charge in [0.15, 0.2) is 10.6 Å². The molecule has 0 fully saturated rings. The number of nitrogens with zero attached hydrogens (tertiary/aromatic N) is 3. The normalized spacial score (nSPS) is 10.9. The molecule has 3 rings (SSSR count). The summed E-state index contributed by atoms with van der Waals surface area (Å²) in [5.41, 5.74) is 1.22. The van der Waals surface area contributed by atoms with Gasteiger partial charge < -0.3 is 4.90 Å². The van der Waals surface area contributed by atoms with Crippen LogP contribution in [0.1, 0.15) is 10.4 Å². The number of hydrogen-bond acceptors (Lipinski definition) is 5. The number of nitrogens with one attached hydrogen (secondary N) is 1. The molecule has 3 aromatic heterocycles. The lowest BCUT2D eigenvalue weighted by Gasteiger charge is -2.17. The number of aryl methyl sites for hydroxylation is 1. The number of rotatable bonds is 5. The van der Waals surface area contributed by atoms with E-state index in [-0.39, 0.29) is 12.5 Å². The highest BCUT2D eigenvalue weighted by Crippen LogP contribution is 2.23. The van der Waals surface area contributed by atoms with Crippen molar-refractivity contribution >= 4 is 40.8 Å². The fourth-order valence-electron chi connectivity index (χ4n) is 2.18. The van der Waals surface area contributed by atoms with E-state index in [2.05, 4.69) is 23.2 Å². The smallest absolute Gasteiger partial charge is 0.242 e. The highest BCUT2D eigenvalue weighted by Gasteiger charge is 2.16. The minimum absolute atomic E-state index is 0.00751. The predicted molar refractivity (Wildman–Crippen MR) is 96.3 cm³/mol. The first kappa shape index (κ1) is 16.1. The van der Waals surface area contributed by atoms with Crippen LogP contribution in [0.3, 0.4) is 0 Å². The first-order valence-corrected chi connectivity index (χ1v) is 9.19. The average Bonchev–Trinajstić information content (AvgIpc) is 3.24. The fraction of sp³-hybridized carbons (Fsp3) is 0.267. The Kier molecular flexibility index (Phi) is 4.74. The van der Waals surface area contributed by atoms with E-state index in [0.717, 1.165) is 4.88 Å². The van der Waals surface area contributed by atoms with Crippen LogP contribution >= 0.6 is 34.9 Å². The number of amides is 1. The number of carbonyl (C=O) groups excluding carboxylic acids is 1. The first-order chi connectivity index (χ1) is 11.1. The molecule has 8 heteroatoms. The summed E-state index contributed by atoms with van der Waals surface area (Å²) in [6, 6.07) is 5.99. The number of carbonyl (C=O) groups is 1. The summed E-state index contributed by atoms with van der Waals surface area (Å²) in [4.78, 5) is 16.5. The van der Waals surface area contributed by atoms with Crippen LogP contribution < -0.4 is 0 Å². The van der Waals surface area contributed by atoms with Crippen molar-refractivity contribution in [2.75, 3.05) is 7.05 Å². The number of aromatic amines is 1. The number of hydrogen-bond donors (Lipinski definition) is 1. The van der Waals surface area contributed by atoms with Gasteiger partial charge in [0.2, 0.25) is 5.91 Å². The van der Waals surface area contributed by atoms with Crippen molar-refractivity contribution in [1.29, 1.82) is 0 Å². The zero-order valence-corrected chi connectivity index (χ0v) is 15.2. The molecule has 1 N–H and O–H groups in total. The summed E-state index contributed by atoms with van der Waals surface area (Å²) in [6.07, 6.45) is 0. The molecule has 0 aliphatic carbocycles. The molecule has 0 aromatic carbocycles. The molecule has 0 bridgehead atoms. The molecule has 0 atom stereocenters. The summed E-state index contributed by atoms with van der Waals surface area (Å²) >= 11 is 8.51. The Bertz CT molecular complexity index is 860. The molecule has 1 amide bonds. The molecule has 0 radical (unpaired) electrons. The molecule has 0 saturated carbocycles. The van der Waals surface area contributed by atoms with Crippen LogP contribution in [0.2, 0.25) is 0 Å². The third-order valence-corrected chi connectivity index (χ3v) is 5.75. The number of likely N-dealkylation sites (N-methyl/N-ethyl adjacent to an activating group) is 1. The van der Waals surface area contributed by atoms with Crippen molar-refractivity contribution < 1.29 is 4.79 Å². The van der Waals surface area contributed by atoms with E-state index in [4.69, 9.17) is 12.2 Å². The molecule has 0 aliphatic rings. The van der Waals surface area contributed by atoms with Gasteiger partial charge in [-0.1, -0.05) is 6.07 Å². The highest BCUT2D eigenvalue weighted by molar-refractivity contribution is 7.71. The second kappa shape index (κ2) is 6.77. The number of aromatic nitrogens is 3. The molecule has 0 saturated heterocycles. The summed E-state index contributed by atoms with van der Waals surface area (Å²) in [6.45, 7) is 2.86. The molecule has 3 aromatic rings. The number of thiophene rings is 2. The topological polar surface area (TPSA) is 53.9 Å². The summed E-state index contributed by atoms with van der Waals surface area (Å²) in [5.74, 6) is 0.715. The molecular weight excluding hydrogens is 348 g/mol. The maximum absolute atomic E-state index is 12.5. The predicted octanol–water partition coefficient (Wildman–Crippen LogP) is 3.70. The minimum atomic E-state index is 0.00751. The Balaban J connectivity index is 1.77. The standard InChI is InChI=1S/C15H16N4OS3/c1-10-5-7-23-12(10)8-18(2)13(20)9-19-14(16-17-15(19)21)11-4-3-6-22-11/h3-7H,8-9H2,1-2H3,(H,17,21). The molecule has 0 unspecified atom stereocenters. The van der Waals surface area contributed by atoms with Crippen molar-refractivity contribution in [3.05, 3.63) is 44.2 Å². The van der Waals surface area contributed by atoms with Gasteiger partial charge in [-0.3, -0.25) is 14.5 Å². The van der Waals surface area contributed by atoms with Crippen molar-refractivity contribution in [1.82, 2.24) is 19.7 Å². The minimum Gasteiger partial charge on any atom is -0.339 e. The molecule has 23 heavy (non-hydrogen) atoms. The lowest BCUT2D eigenvalue weighted by Crippen LogP contribution is -2.30. The van der Waals surface area contributed by atoms with Crippen molar-refractivity contribution in [3.8, 4) is 10.7 Å². The Labute approximate surface area is 147 Å². The molecular formula is C15H16N4OS3. The van der Waals surface area contributed by atoms with Gasteiger partial charge in [-0.15, -0.1) is 22.7 Å². The lowest BCUT2D eigenvalue weighted by atomic mass is 10.3. The van der Waals surface area contributed by atoms with E-state index >= 15 is 0 Å². The Morgan fingerprint density at radius 1 is 1.39 bits per heavy atom. The number of H-pyrrole nitrogens is 1. The van der Waals surface area contributed by atoms with Gasteiger partial charge in [0.25, 0.3) is 0 Å². The van der Waals surface area contributed by atoms with E-state index in [0.29, 0.717) is 17.1 Å². The largest absolute Gasteiger partial charge is 0.339 e. The van der Waals surface area contributed by atoms with E-state index in [1.54, 1.807) is 32.1 Å². The third kappa shape index (κ3) is 3.44. The average molecular weight is 365 g/mol. The van der Waals surface area contributed by atoms with Gasteiger partial charge in [-0.2, -0.15) is 5.10 Å². The first-order valence-electron chi connectivity index (χ1n) is 7.02. The summed E-state index contributed by atoms with van der Waals surface area (Å²) in [7, 11) is 1.82. The van der Waals surface area contributed by atoms with E-state index in [9.17, 15) is 4.79 Å². The molecule has 0 aliphatic heterocycles. The Hall–Kier alpha value is -1.77. The van der Waals surface area contributed by atoms with Crippen LogP contribution in [0.15, 0.2) is 29.0 Å². The van der Waals surface area contributed by atoms with Crippen LogP contribution in [0.5, 0.6) is 0 Å². The molecule has 3 heterocycles. The second-order valence-electron chi connectivity index (χ2n) is 5.19. The second-order valence-corrected chi connectivity index (χ2v) is 7.53. The monoisotopic (exact) mass is 364 g/mol. The quantitative estimate of drug-likeness (QED) is 0.703. The SMILES string of the molecule is Cc1ccsc1CN(C)C(=O)Cn1c(-c2cccs2)n[nH]c1=S. The summed E-state index contributed by atoms with van der Waals surface area (Å²) < 4.78 is 2.21. The Morgan fingerprint density at radius 3 is 2.87 bits per heavy atom. The van der Waals surface area contributed by atoms with E-state index in [1.165, 1.54) is 10.4 Å². The summed E-state index contributed by atoms with van der Waals surface area (Å²) in [5, 5.41) is 11.0. The fourth-order valence-corrected chi connectivity index (χ4v) is 4.06. The molecule has 5 nitrogen and oxygen atoms in total. The van der Waals surface area contributed by atoms with Crippen LogP contribution in [0.25, 0.3) is 10.7 Å². The van der Waals surface area contributed by atoms with Crippen molar-refractivity contribution in [3.63, 3.8) is 0 Å². The van der Waals surface area contributed by atoms with Crippen LogP contribution in [-0.2, 0) is 17.9 Å². The van der Waals surface area contributed by atoms with E-state index < -0.39 is 0 Å². The highest BCUT2D eigenvalue weighted by atomic mass is 32.1. The lowest BCUT2D eigenvalue weighted by molar-refractivity contribution is -0.131. The van der Waals surface area contributed by atoms with Crippen LogP contribution in [-0.4, -0.2) is 32.6 Å². The van der Waals surface area contributed by atoms with Gasteiger partial charge >= 0.3 is 0 Å². The molecule has 120 valence electrons.